The molecule has 3 aromatic rings. The number of hydrogen-bond donors (Lipinski definition) is 0. The second-order valence-electron chi connectivity index (χ2n) is 4.76. The number of ether oxygens (including phenoxy) is 1. The highest BCUT2D eigenvalue weighted by Gasteiger charge is 2.20. The number of esters is 1. The molecule has 3 rings (SSSR count). The first-order valence-electron chi connectivity index (χ1n) is 6.85. The lowest BCUT2D eigenvalue weighted by Gasteiger charge is -2.04. The zero-order valence-corrected chi connectivity index (χ0v) is 12.2. The van der Waals surface area contributed by atoms with Crippen LogP contribution in [0.1, 0.15) is 17.3 Å². The highest BCUT2D eigenvalue weighted by molar-refractivity contribution is 5.97. The molecule has 0 aliphatic rings. The number of hydrogen-bond acceptors (Lipinski definition) is 5. The summed E-state index contributed by atoms with van der Waals surface area (Å²) in [6.45, 7) is 1.89. The van der Waals surface area contributed by atoms with Crippen LogP contribution in [0.15, 0.2) is 45.7 Å². The van der Waals surface area contributed by atoms with E-state index in [9.17, 15) is 9.59 Å². The third-order valence-electron chi connectivity index (χ3n) is 3.38. The molecule has 0 unspecified atom stereocenters. The van der Waals surface area contributed by atoms with Gasteiger partial charge in [-0.15, -0.1) is 0 Å². The molecule has 2 aromatic heterocycles. The van der Waals surface area contributed by atoms with Crippen LogP contribution in [0.25, 0.3) is 22.4 Å². The van der Waals surface area contributed by atoms with E-state index in [4.69, 9.17) is 9.26 Å². The van der Waals surface area contributed by atoms with Gasteiger partial charge in [0.15, 0.2) is 0 Å². The normalized spacial score (nSPS) is 10.8. The molecule has 0 saturated carbocycles. The van der Waals surface area contributed by atoms with Crippen LogP contribution in [0, 0.1) is 0 Å². The summed E-state index contributed by atoms with van der Waals surface area (Å²) in [5.41, 5.74) is 1.24. The first kappa shape index (κ1) is 14.1. The van der Waals surface area contributed by atoms with E-state index in [2.05, 4.69) is 5.16 Å². The maximum atomic E-state index is 12.2. The number of aromatic nitrogens is 2. The van der Waals surface area contributed by atoms with Gasteiger partial charge in [0, 0.05) is 12.6 Å². The smallest absolute Gasteiger partial charge is 0.343 e. The van der Waals surface area contributed by atoms with Crippen LogP contribution in [-0.4, -0.2) is 22.3 Å². The topological polar surface area (TPSA) is 74.3 Å². The van der Waals surface area contributed by atoms with Crippen LogP contribution in [-0.2, 0) is 11.8 Å². The van der Waals surface area contributed by atoms with Gasteiger partial charge in [0.25, 0.3) is 5.56 Å². The van der Waals surface area contributed by atoms with Crippen LogP contribution in [0.5, 0.6) is 0 Å². The predicted molar refractivity (Wildman–Crippen MR) is 80.6 cm³/mol. The molecule has 2 heterocycles. The van der Waals surface area contributed by atoms with Gasteiger partial charge in [0.2, 0.25) is 5.71 Å². The van der Waals surface area contributed by atoms with Crippen molar-refractivity contribution < 1.29 is 14.1 Å². The first-order valence-corrected chi connectivity index (χ1v) is 6.85. The van der Waals surface area contributed by atoms with Gasteiger partial charge in [-0.05, 0) is 13.0 Å². The summed E-state index contributed by atoms with van der Waals surface area (Å²) in [5.74, 6) is -0.648. The zero-order valence-electron chi connectivity index (χ0n) is 12.2. The van der Waals surface area contributed by atoms with Crippen molar-refractivity contribution >= 4 is 17.1 Å². The standard InChI is InChI=1S/C16H14N2O4/c1-3-21-16(20)12-9-11-13(10-7-5-4-6-8-10)17-22-15(11)18(2)14(12)19/h4-9H,3H2,1-2H3. The molecule has 22 heavy (non-hydrogen) atoms. The molecule has 0 spiro atoms. The number of pyridine rings is 1. The molecule has 0 saturated heterocycles. The van der Waals surface area contributed by atoms with E-state index >= 15 is 0 Å². The molecule has 6 heteroatoms. The Morgan fingerprint density at radius 3 is 2.73 bits per heavy atom. The van der Waals surface area contributed by atoms with E-state index < -0.39 is 11.5 Å². The van der Waals surface area contributed by atoms with E-state index in [1.807, 2.05) is 30.3 Å². The van der Waals surface area contributed by atoms with Crippen molar-refractivity contribution in [1.29, 1.82) is 0 Å². The Kier molecular flexibility index (Phi) is 3.50. The van der Waals surface area contributed by atoms with Gasteiger partial charge >= 0.3 is 5.97 Å². The van der Waals surface area contributed by atoms with E-state index in [0.717, 1.165) is 5.56 Å². The van der Waals surface area contributed by atoms with Gasteiger partial charge in [0.05, 0.1) is 12.0 Å². The fourth-order valence-corrected chi connectivity index (χ4v) is 2.30. The molecular weight excluding hydrogens is 284 g/mol. The zero-order chi connectivity index (χ0) is 15.7. The van der Waals surface area contributed by atoms with E-state index in [-0.39, 0.29) is 12.2 Å². The second-order valence-corrected chi connectivity index (χ2v) is 4.76. The fourth-order valence-electron chi connectivity index (χ4n) is 2.30. The Hall–Kier alpha value is -2.89. The largest absolute Gasteiger partial charge is 0.462 e. The third kappa shape index (κ3) is 2.18. The average molecular weight is 298 g/mol. The van der Waals surface area contributed by atoms with E-state index in [1.54, 1.807) is 6.92 Å². The fraction of sp³-hybridized carbons (Fsp3) is 0.188. The van der Waals surface area contributed by atoms with E-state index in [1.165, 1.54) is 17.7 Å². The van der Waals surface area contributed by atoms with Crippen molar-refractivity contribution in [3.8, 4) is 11.3 Å². The van der Waals surface area contributed by atoms with E-state index in [0.29, 0.717) is 16.8 Å². The molecule has 112 valence electrons. The highest BCUT2D eigenvalue weighted by Crippen LogP contribution is 2.27. The first-order chi connectivity index (χ1) is 10.6. The minimum absolute atomic E-state index is 0.0303. The Bertz CT molecular complexity index is 894. The number of rotatable bonds is 3. The van der Waals surface area contributed by atoms with Crippen LogP contribution >= 0.6 is 0 Å². The molecule has 1 aromatic carbocycles. The second kappa shape index (κ2) is 5.48. The number of fused-ring (bicyclic) bond motifs is 1. The van der Waals surface area contributed by atoms with Crippen molar-refractivity contribution in [2.24, 2.45) is 7.05 Å². The summed E-state index contributed by atoms with van der Waals surface area (Å²) < 4.78 is 11.5. The van der Waals surface area contributed by atoms with Crippen molar-refractivity contribution in [1.82, 2.24) is 9.72 Å². The maximum Gasteiger partial charge on any atom is 0.343 e. The third-order valence-corrected chi connectivity index (χ3v) is 3.38. The molecule has 0 aliphatic heterocycles. The quantitative estimate of drug-likeness (QED) is 0.694. The SMILES string of the molecule is CCOC(=O)c1cc2c(-c3ccccc3)noc2n(C)c1=O. The Labute approximate surface area is 125 Å². The summed E-state index contributed by atoms with van der Waals surface area (Å²) in [5, 5.41) is 4.62. The van der Waals surface area contributed by atoms with Crippen molar-refractivity contribution in [3.05, 3.63) is 52.3 Å². The molecule has 0 atom stereocenters. The number of carbonyl (C=O) groups is 1. The monoisotopic (exact) mass is 298 g/mol. The minimum Gasteiger partial charge on any atom is -0.462 e. The van der Waals surface area contributed by atoms with Crippen LogP contribution < -0.4 is 5.56 Å². The van der Waals surface area contributed by atoms with Crippen LogP contribution in [0.2, 0.25) is 0 Å². The van der Waals surface area contributed by atoms with Crippen LogP contribution in [0.3, 0.4) is 0 Å². The highest BCUT2D eigenvalue weighted by atomic mass is 16.5. The summed E-state index contributed by atoms with van der Waals surface area (Å²) in [7, 11) is 1.54. The van der Waals surface area contributed by atoms with Crippen molar-refractivity contribution in [2.45, 2.75) is 6.92 Å². The molecule has 0 N–H and O–H groups in total. The lowest BCUT2D eigenvalue weighted by molar-refractivity contribution is 0.0524. The van der Waals surface area contributed by atoms with Gasteiger partial charge < -0.3 is 9.26 Å². The summed E-state index contributed by atoms with van der Waals surface area (Å²) in [6, 6.07) is 10.9. The van der Waals surface area contributed by atoms with Gasteiger partial charge in [0.1, 0.15) is 11.3 Å². The molecular formula is C16H14N2O4. The molecule has 0 bridgehead atoms. The van der Waals surface area contributed by atoms with Gasteiger partial charge in [-0.3, -0.25) is 9.36 Å². The van der Waals surface area contributed by atoms with Crippen LogP contribution in [0.4, 0.5) is 0 Å². The number of nitrogens with zero attached hydrogens (tertiary/aromatic N) is 2. The number of aryl methyl sites for hydroxylation is 1. The maximum absolute atomic E-state index is 12.2. The molecule has 0 radical (unpaired) electrons. The predicted octanol–water partition coefficient (Wildman–Crippen LogP) is 2.37. The lowest BCUT2D eigenvalue weighted by atomic mass is 10.1. The molecule has 6 nitrogen and oxygen atoms in total. The summed E-state index contributed by atoms with van der Waals surface area (Å²) in [4.78, 5) is 24.2. The summed E-state index contributed by atoms with van der Waals surface area (Å²) >= 11 is 0. The number of carbonyl (C=O) groups excluding carboxylic acids is 1. The molecule has 0 aliphatic carbocycles. The van der Waals surface area contributed by atoms with Crippen molar-refractivity contribution in [2.75, 3.05) is 6.61 Å². The Balaban J connectivity index is 2.27. The Morgan fingerprint density at radius 1 is 1.32 bits per heavy atom. The number of benzene rings is 1. The molecule has 0 fully saturated rings. The Morgan fingerprint density at radius 2 is 2.05 bits per heavy atom. The van der Waals surface area contributed by atoms with Gasteiger partial charge in [-0.2, -0.15) is 0 Å². The minimum atomic E-state index is -0.648. The van der Waals surface area contributed by atoms with Crippen molar-refractivity contribution in [3.63, 3.8) is 0 Å². The molecule has 0 amide bonds. The average Bonchev–Trinajstić information content (AvgIpc) is 2.96. The lowest BCUT2D eigenvalue weighted by Crippen LogP contribution is -2.25. The summed E-state index contributed by atoms with van der Waals surface area (Å²) in [6.07, 6.45) is 0. The van der Waals surface area contributed by atoms with Gasteiger partial charge in [-0.25, -0.2) is 4.79 Å². The van der Waals surface area contributed by atoms with Gasteiger partial charge in [-0.1, -0.05) is 35.5 Å².